The van der Waals surface area contributed by atoms with Gasteiger partial charge in [0.2, 0.25) is 11.8 Å². The number of unbranched alkanes of at least 4 members (excludes halogenated alkanes) is 8. The summed E-state index contributed by atoms with van der Waals surface area (Å²) in [4.78, 5) is 23.5. The number of hydrogen-bond acceptors (Lipinski definition) is 5. The smallest absolute Gasteiger partial charge is 0.222 e. The minimum atomic E-state index is -0.639. The first kappa shape index (κ1) is 28.8. The van der Waals surface area contributed by atoms with Gasteiger partial charge in [0.1, 0.15) is 0 Å². The number of carbonyl (C=O) groups excluding carboxylic acids is 2. The van der Waals surface area contributed by atoms with Gasteiger partial charge < -0.3 is 26.0 Å². The first-order chi connectivity index (χ1) is 14.5. The van der Waals surface area contributed by atoms with Crippen LogP contribution in [0.2, 0.25) is 0 Å². The molecule has 0 aliphatic carbocycles. The standard InChI is InChI=1S/C23H46N2O5/c1-2-3-4-5-6-7-8-9-10-14-21(28)18-23(30)25-20(19-27)13-11-16-24-22(29)15-12-17-26/h20-21,26-28H,2-19H2,1H3,(H,24,29)(H,25,30). The van der Waals surface area contributed by atoms with Gasteiger partial charge in [0.25, 0.3) is 0 Å². The molecule has 5 N–H and O–H groups in total. The fourth-order valence-electron chi connectivity index (χ4n) is 3.41. The number of aliphatic hydroxyl groups is 3. The van der Waals surface area contributed by atoms with E-state index in [2.05, 4.69) is 17.6 Å². The van der Waals surface area contributed by atoms with Crippen LogP contribution >= 0.6 is 0 Å². The van der Waals surface area contributed by atoms with Gasteiger partial charge in [-0.15, -0.1) is 0 Å². The van der Waals surface area contributed by atoms with Crippen molar-refractivity contribution in [3.8, 4) is 0 Å². The summed E-state index contributed by atoms with van der Waals surface area (Å²) >= 11 is 0. The molecule has 30 heavy (non-hydrogen) atoms. The first-order valence-electron chi connectivity index (χ1n) is 12.0. The van der Waals surface area contributed by atoms with Crippen molar-refractivity contribution in [2.24, 2.45) is 0 Å². The summed E-state index contributed by atoms with van der Waals surface area (Å²) in [5.74, 6) is -0.349. The number of amides is 2. The highest BCUT2D eigenvalue weighted by molar-refractivity contribution is 5.76. The highest BCUT2D eigenvalue weighted by atomic mass is 16.3. The molecule has 2 amide bonds. The van der Waals surface area contributed by atoms with E-state index in [-0.39, 0.29) is 37.5 Å². The number of aliphatic hydroxyl groups excluding tert-OH is 3. The van der Waals surface area contributed by atoms with Crippen molar-refractivity contribution in [3.63, 3.8) is 0 Å². The summed E-state index contributed by atoms with van der Waals surface area (Å²) in [6.45, 7) is 2.52. The summed E-state index contributed by atoms with van der Waals surface area (Å²) in [6.07, 6.45) is 13.0. The Morgan fingerprint density at radius 1 is 0.800 bits per heavy atom. The van der Waals surface area contributed by atoms with Gasteiger partial charge in [-0.25, -0.2) is 0 Å². The zero-order valence-corrected chi connectivity index (χ0v) is 19.0. The van der Waals surface area contributed by atoms with Gasteiger partial charge in [0, 0.05) is 19.6 Å². The quantitative estimate of drug-likeness (QED) is 0.179. The van der Waals surface area contributed by atoms with Crippen LogP contribution in [0.5, 0.6) is 0 Å². The van der Waals surface area contributed by atoms with E-state index in [9.17, 15) is 19.8 Å². The third-order valence-corrected chi connectivity index (χ3v) is 5.26. The van der Waals surface area contributed by atoms with Gasteiger partial charge in [-0.2, -0.15) is 0 Å². The minimum Gasteiger partial charge on any atom is -0.396 e. The minimum absolute atomic E-state index is 0.00296. The van der Waals surface area contributed by atoms with Crippen LogP contribution in [0, 0.1) is 0 Å². The van der Waals surface area contributed by atoms with E-state index >= 15 is 0 Å². The predicted octanol–water partition coefficient (Wildman–Crippen LogP) is 2.80. The molecular weight excluding hydrogens is 384 g/mol. The lowest BCUT2D eigenvalue weighted by Crippen LogP contribution is -2.39. The Labute approximate surface area is 183 Å². The third-order valence-electron chi connectivity index (χ3n) is 5.26. The topological polar surface area (TPSA) is 119 Å². The monoisotopic (exact) mass is 430 g/mol. The maximum absolute atomic E-state index is 12.1. The molecule has 0 aromatic rings. The molecule has 0 radical (unpaired) electrons. The van der Waals surface area contributed by atoms with E-state index in [0.29, 0.717) is 38.6 Å². The zero-order valence-electron chi connectivity index (χ0n) is 19.0. The Bertz CT molecular complexity index is 420. The first-order valence-corrected chi connectivity index (χ1v) is 12.0. The molecule has 7 heteroatoms. The van der Waals surface area contributed by atoms with Crippen LogP contribution in [0.4, 0.5) is 0 Å². The average molecular weight is 431 g/mol. The molecule has 0 aliphatic rings. The van der Waals surface area contributed by atoms with Gasteiger partial charge in [-0.1, -0.05) is 64.7 Å². The molecule has 0 spiro atoms. The highest BCUT2D eigenvalue weighted by Gasteiger charge is 2.15. The lowest BCUT2D eigenvalue weighted by atomic mass is 10.0. The van der Waals surface area contributed by atoms with Crippen molar-refractivity contribution in [2.75, 3.05) is 19.8 Å². The Hall–Kier alpha value is -1.18. The fourth-order valence-corrected chi connectivity index (χ4v) is 3.41. The third kappa shape index (κ3) is 18.8. The molecule has 2 atom stereocenters. The van der Waals surface area contributed by atoms with Crippen molar-refractivity contribution in [1.82, 2.24) is 10.6 Å². The summed E-state index contributed by atoms with van der Waals surface area (Å²) in [5.41, 5.74) is 0. The van der Waals surface area contributed by atoms with Crippen molar-refractivity contribution in [1.29, 1.82) is 0 Å². The van der Waals surface area contributed by atoms with Crippen LogP contribution in [0.1, 0.15) is 103 Å². The largest absolute Gasteiger partial charge is 0.396 e. The summed E-state index contributed by atoms with van der Waals surface area (Å²) in [7, 11) is 0. The molecule has 2 unspecified atom stereocenters. The molecule has 0 rings (SSSR count). The molecule has 0 aromatic heterocycles. The molecular formula is C23H46N2O5. The van der Waals surface area contributed by atoms with Crippen LogP contribution in [0.15, 0.2) is 0 Å². The predicted molar refractivity (Wildman–Crippen MR) is 120 cm³/mol. The Kier molecular flexibility index (Phi) is 20.2. The maximum atomic E-state index is 12.1. The average Bonchev–Trinajstić information content (AvgIpc) is 2.73. The van der Waals surface area contributed by atoms with E-state index in [0.717, 1.165) is 12.8 Å². The maximum Gasteiger partial charge on any atom is 0.222 e. The lowest BCUT2D eigenvalue weighted by molar-refractivity contribution is -0.124. The van der Waals surface area contributed by atoms with E-state index in [1.807, 2.05) is 0 Å². The second-order valence-electron chi connectivity index (χ2n) is 8.24. The Morgan fingerprint density at radius 3 is 2.03 bits per heavy atom. The molecule has 0 aliphatic heterocycles. The SMILES string of the molecule is CCCCCCCCCCCC(O)CC(=O)NC(CO)CCCNC(=O)CCCO. The second kappa shape index (κ2) is 21.1. The number of rotatable bonds is 21. The van der Waals surface area contributed by atoms with E-state index in [4.69, 9.17) is 5.11 Å². The number of hydrogen-bond donors (Lipinski definition) is 5. The molecule has 0 saturated carbocycles. The van der Waals surface area contributed by atoms with Crippen LogP contribution in [-0.4, -0.2) is 59.0 Å². The van der Waals surface area contributed by atoms with Crippen molar-refractivity contribution >= 4 is 11.8 Å². The molecule has 0 heterocycles. The molecule has 0 fully saturated rings. The number of nitrogens with one attached hydrogen (secondary N) is 2. The van der Waals surface area contributed by atoms with Crippen LogP contribution < -0.4 is 10.6 Å². The zero-order chi connectivity index (χ0) is 22.5. The van der Waals surface area contributed by atoms with Crippen LogP contribution in [0.3, 0.4) is 0 Å². The van der Waals surface area contributed by atoms with Gasteiger partial charge in [-0.05, 0) is 25.7 Å². The molecule has 0 aromatic carbocycles. The van der Waals surface area contributed by atoms with E-state index in [1.54, 1.807) is 0 Å². The summed E-state index contributed by atoms with van der Waals surface area (Å²) in [5, 5.41) is 33.7. The normalized spacial score (nSPS) is 13.1. The van der Waals surface area contributed by atoms with Crippen molar-refractivity contribution < 1.29 is 24.9 Å². The van der Waals surface area contributed by atoms with Crippen LogP contribution in [0.25, 0.3) is 0 Å². The molecule has 0 bridgehead atoms. The molecule has 7 nitrogen and oxygen atoms in total. The highest BCUT2D eigenvalue weighted by Crippen LogP contribution is 2.12. The Balaban J connectivity index is 3.73. The van der Waals surface area contributed by atoms with Crippen LogP contribution in [-0.2, 0) is 9.59 Å². The van der Waals surface area contributed by atoms with Gasteiger partial charge in [-0.3, -0.25) is 9.59 Å². The summed E-state index contributed by atoms with van der Waals surface area (Å²) in [6, 6.07) is -0.369. The lowest BCUT2D eigenvalue weighted by Gasteiger charge is -2.18. The molecule has 178 valence electrons. The fraction of sp³-hybridized carbons (Fsp3) is 0.913. The number of carbonyl (C=O) groups is 2. The van der Waals surface area contributed by atoms with Gasteiger partial charge in [0.15, 0.2) is 0 Å². The van der Waals surface area contributed by atoms with Gasteiger partial charge in [0.05, 0.1) is 25.2 Å². The van der Waals surface area contributed by atoms with Crippen molar-refractivity contribution in [2.45, 2.75) is 115 Å². The Morgan fingerprint density at radius 2 is 1.43 bits per heavy atom. The van der Waals surface area contributed by atoms with Gasteiger partial charge >= 0.3 is 0 Å². The second-order valence-corrected chi connectivity index (χ2v) is 8.24. The summed E-state index contributed by atoms with van der Waals surface area (Å²) < 4.78 is 0. The van der Waals surface area contributed by atoms with E-state index < -0.39 is 6.10 Å². The van der Waals surface area contributed by atoms with E-state index in [1.165, 1.54) is 44.9 Å². The van der Waals surface area contributed by atoms with Crippen molar-refractivity contribution in [3.05, 3.63) is 0 Å². The molecule has 0 saturated heterocycles.